The maximum Gasteiger partial charge on any atom is 0.307 e. The summed E-state index contributed by atoms with van der Waals surface area (Å²) in [4.78, 5) is 13.4. The number of aliphatic hydroxyl groups is 1. The summed E-state index contributed by atoms with van der Waals surface area (Å²) in [5.74, 6) is -0.951. The molecule has 0 aliphatic carbocycles. The molecule has 2 atom stereocenters. The highest BCUT2D eigenvalue weighted by Crippen LogP contribution is 2.17. The van der Waals surface area contributed by atoms with Gasteiger partial charge in [-0.25, -0.2) is 0 Å². The Morgan fingerprint density at radius 1 is 1.39 bits per heavy atom. The normalized spacial score (nSPS) is 25.2. The lowest BCUT2D eigenvalue weighted by Crippen LogP contribution is -2.51. The first-order chi connectivity index (χ1) is 8.67. The van der Waals surface area contributed by atoms with Gasteiger partial charge in [0.1, 0.15) is 0 Å². The lowest BCUT2D eigenvalue weighted by molar-refractivity contribution is -0.144. The Kier molecular flexibility index (Phi) is 7.23. The molecule has 2 unspecified atom stereocenters. The number of hydrogen-bond donors (Lipinski definition) is 3. The average molecular weight is 258 g/mol. The first-order valence-electron chi connectivity index (χ1n) is 6.96. The topological polar surface area (TPSA) is 72.8 Å². The van der Waals surface area contributed by atoms with Crippen LogP contribution in [-0.2, 0) is 4.79 Å². The summed E-state index contributed by atoms with van der Waals surface area (Å²) in [5.41, 5.74) is 0. The lowest BCUT2D eigenvalue weighted by atomic mass is 9.94. The van der Waals surface area contributed by atoms with Gasteiger partial charge in [-0.2, -0.15) is 0 Å². The van der Waals surface area contributed by atoms with Crippen molar-refractivity contribution >= 4 is 5.97 Å². The molecular weight excluding hydrogens is 232 g/mol. The molecule has 1 aliphatic rings. The number of aliphatic carboxylic acids is 1. The van der Waals surface area contributed by atoms with Crippen LogP contribution in [0.5, 0.6) is 0 Å². The van der Waals surface area contributed by atoms with Crippen molar-refractivity contribution in [3.8, 4) is 0 Å². The number of unbranched alkanes of at least 4 members (excludes halogenated alkanes) is 1. The maximum atomic E-state index is 11.2. The molecule has 0 aromatic rings. The van der Waals surface area contributed by atoms with Gasteiger partial charge in [0.25, 0.3) is 0 Å². The third-order valence-electron chi connectivity index (χ3n) is 3.47. The zero-order chi connectivity index (χ0) is 13.4. The fourth-order valence-corrected chi connectivity index (χ4v) is 2.47. The van der Waals surface area contributed by atoms with E-state index in [9.17, 15) is 9.90 Å². The van der Waals surface area contributed by atoms with Crippen LogP contribution >= 0.6 is 0 Å². The molecule has 1 fully saturated rings. The largest absolute Gasteiger partial charge is 0.481 e. The zero-order valence-corrected chi connectivity index (χ0v) is 11.3. The van der Waals surface area contributed by atoms with Crippen LogP contribution in [0.2, 0.25) is 0 Å². The van der Waals surface area contributed by atoms with E-state index in [2.05, 4.69) is 17.1 Å². The van der Waals surface area contributed by atoms with Crippen molar-refractivity contribution in [1.29, 1.82) is 0 Å². The van der Waals surface area contributed by atoms with Crippen LogP contribution in [0, 0.1) is 5.92 Å². The van der Waals surface area contributed by atoms with Crippen molar-refractivity contribution in [2.45, 2.75) is 38.6 Å². The summed E-state index contributed by atoms with van der Waals surface area (Å²) in [6.45, 7) is 5.67. The standard InChI is InChI=1S/C13H26N2O3/c1-2-3-6-15-9-11(13(17)18)8-12(10-15)14-5-4-7-16/h11-12,14,16H,2-10H2,1H3,(H,17,18). The maximum absolute atomic E-state index is 11.2. The van der Waals surface area contributed by atoms with Gasteiger partial charge < -0.3 is 20.4 Å². The van der Waals surface area contributed by atoms with Gasteiger partial charge in [-0.3, -0.25) is 4.79 Å². The quantitative estimate of drug-likeness (QED) is 0.554. The SMILES string of the molecule is CCCCN1CC(NCCCO)CC(C(=O)O)C1. The average Bonchev–Trinajstić information content (AvgIpc) is 2.36. The van der Waals surface area contributed by atoms with Gasteiger partial charge in [-0.05, 0) is 32.4 Å². The molecule has 0 aromatic carbocycles. The summed E-state index contributed by atoms with van der Waals surface area (Å²) >= 11 is 0. The molecule has 1 rings (SSSR count). The lowest BCUT2D eigenvalue weighted by Gasteiger charge is -2.36. The van der Waals surface area contributed by atoms with Gasteiger partial charge >= 0.3 is 5.97 Å². The number of hydrogen-bond acceptors (Lipinski definition) is 4. The van der Waals surface area contributed by atoms with Gasteiger partial charge in [-0.15, -0.1) is 0 Å². The minimum absolute atomic E-state index is 0.182. The monoisotopic (exact) mass is 258 g/mol. The molecule has 1 heterocycles. The summed E-state index contributed by atoms with van der Waals surface area (Å²) in [5, 5.41) is 21.3. The molecule has 0 spiro atoms. The number of nitrogens with zero attached hydrogens (tertiary/aromatic N) is 1. The minimum Gasteiger partial charge on any atom is -0.481 e. The summed E-state index contributed by atoms with van der Waals surface area (Å²) in [7, 11) is 0. The van der Waals surface area contributed by atoms with Gasteiger partial charge in [0, 0.05) is 25.7 Å². The third-order valence-corrected chi connectivity index (χ3v) is 3.47. The molecule has 0 amide bonds. The molecule has 0 saturated carbocycles. The van der Waals surface area contributed by atoms with Crippen LogP contribution < -0.4 is 5.32 Å². The second-order valence-corrected chi connectivity index (χ2v) is 5.11. The van der Waals surface area contributed by atoms with Crippen LogP contribution in [0.1, 0.15) is 32.6 Å². The van der Waals surface area contributed by atoms with Crippen LogP contribution in [-0.4, -0.2) is 59.9 Å². The van der Waals surface area contributed by atoms with Crippen LogP contribution in [0.25, 0.3) is 0 Å². The Morgan fingerprint density at radius 3 is 2.78 bits per heavy atom. The number of aliphatic hydroxyl groups excluding tert-OH is 1. The summed E-state index contributed by atoms with van der Waals surface area (Å²) < 4.78 is 0. The fourth-order valence-electron chi connectivity index (χ4n) is 2.47. The van der Waals surface area contributed by atoms with Crippen molar-refractivity contribution in [3.63, 3.8) is 0 Å². The van der Waals surface area contributed by atoms with Gasteiger partial charge in [0.15, 0.2) is 0 Å². The molecule has 5 heteroatoms. The molecule has 0 radical (unpaired) electrons. The summed E-state index contributed by atoms with van der Waals surface area (Å²) in [6.07, 6.45) is 3.68. The third kappa shape index (κ3) is 5.33. The number of carboxylic acid groups (broad SMARTS) is 1. The van der Waals surface area contributed by atoms with Crippen molar-refractivity contribution in [3.05, 3.63) is 0 Å². The molecule has 106 valence electrons. The number of piperidine rings is 1. The number of carboxylic acids is 1. The van der Waals surface area contributed by atoms with E-state index in [0.717, 1.165) is 38.9 Å². The number of nitrogens with one attached hydrogen (secondary N) is 1. The highest BCUT2D eigenvalue weighted by Gasteiger charge is 2.30. The van der Waals surface area contributed by atoms with E-state index in [0.29, 0.717) is 13.0 Å². The van der Waals surface area contributed by atoms with Crippen molar-refractivity contribution in [2.75, 3.05) is 32.8 Å². The van der Waals surface area contributed by atoms with Crippen LogP contribution in [0.15, 0.2) is 0 Å². The molecule has 0 bridgehead atoms. The molecule has 0 aromatic heterocycles. The number of rotatable bonds is 8. The Morgan fingerprint density at radius 2 is 2.17 bits per heavy atom. The van der Waals surface area contributed by atoms with Gasteiger partial charge in [-0.1, -0.05) is 13.3 Å². The van der Waals surface area contributed by atoms with Crippen molar-refractivity contribution < 1.29 is 15.0 Å². The molecule has 1 aliphatic heterocycles. The van der Waals surface area contributed by atoms with E-state index < -0.39 is 5.97 Å². The van der Waals surface area contributed by atoms with Gasteiger partial charge in [0.05, 0.1) is 5.92 Å². The Bertz CT molecular complexity index is 248. The highest BCUT2D eigenvalue weighted by molar-refractivity contribution is 5.70. The molecule has 1 saturated heterocycles. The van der Waals surface area contributed by atoms with E-state index in [4.69, 9.17) is 5.11 Å². The molecule has 18 heavy (non-hydrogen) atoms. The van der Waals surface area contributed by atoms with E-state index in [1.165, 1.54) is 0 Å². The summed E-state index contributed by atoms with van der Waals surface area (Å²) in [6, 6.07) is 0.239. The van der Waals surface area contributed by atoms with Crippen molar-refractivity contribution in [2.24, 2.45) is 5.92 Å². The number of carbonyl (C=O) groups is 1. The van der Waals surface area contributed by atoms with Crippen molar-refractivity contribution in [1.82, 2.24) is 10.2 Å². The molecule has 3 N–H and O–H groups in total. The Labute approximate surface area is 109 Å². The molecule has 5 nitrogen and oxygen atoms in total. The predicted octanol–water partition coefficient (Wildman–Crippen LogP) is 0.534. The zero-order valence-electron chi connectivity index (χ0n) is 11.3. The predicted molar refractivity (Wildman–Crippen MR) is 70.6 cm³/mol. The number of likely N-dealkylation sites (tertiary alicyclic amines) is 1. The minimum atomic E-state index is -0.690. The highest BCUT2D eigenvalue weighted by atomic mass is 16.4. The second kappa shape index (κ2) is 8.45. The van der Waals surface area contributed by atoms with E-state index in [-0.39, 0.29) is 18.6 Å². The Hall–Kier alpha value is -0.650. The van der Waals surface area contributed by atoms with Crippen LogP contribution in [0.3, 0.4) is 0 Å². The van der Waals surface area contributed by atoms with E-state index >= 15 is 0 Å². The smallest absolute Gasteiger partial charge is 0.307 e. The molecular formula is C13H26N2O3. The first-order valence-corrected chi connectivity index (χ1v) is 6.96. The second-order valence-electron chi connectivity index (χ2n) is 5.11. The van der Waals surface area contributed by atoms with E-state index in [1.54, 1.807) is 0 Å². The fraction of sp³-hybridized carbons (Fsp3) is 0.923. The van der Waals surface area contributed by atoms with Gasteiger partial charge in [0.2, 0.25) is 0 Å². The first kappa shape index (κ1) is 15.4. The Balaban J connectivity index is 2.43. The van der Waals surface area contributed by atoms with Crippen LogP contribution in [0.4, 0.5) is 0 Å². The van der Waals surface area contributed by atoms with E-state index in [1.807, 2.05) is 0 Å².